The number of nitrogens with zero attached hydrogens (tertiary/aromatic N) is 2. The number of nitro benzene ring substituents is 1. The average Bonchev–Trinajstić information content (AvgIpc) is 2.74. The summed E-state index contributed by atoms with van der Waals surface area (Å²) in [6.45, 7) is 1.75. The van der Waals surface area contributed by atoms with Gasteiger partial charge in [0.05, 0.1) is 4.92 Å². The van der Waals surface area contributed by atoms with E-state index in [4.69, 9.17) is 11.6 Å². The number of benzene rings is 1. The Morgan fingerprint density at radius 2 is 2.09 bits per heavy atom. The number of ketones is 1. The van der Waals surface area contributed by atoms with Gasteiger partial charge in [-0.2, -0.15) is 0 Å². The summed E-state index contributed by atoms with van der Waals surface area (Å²) in [5, 5.41) is 17.4. The molecule has 0 fully saturated rings. The second-order valence-corrected chi connectivity index (χ2v) is 8.87. The second kappa shape index (κ2) is 8.84. The van der Waals surface area contributed by atoms with Crippen LogP contribution in [0.25, 0.3) is 0 Å². The fourth-order valence-corrected chi connectivity index (χ4v) is 4.52. The third-order valence-electron chi connectivity index (χ3n) is 5.49. The molecule has 1 atom stereocenters. The van der Waals surface area contributed by atoms with Crippen LogP contribution in [0.5, 0.6) is 0 Å². The number of allylic oxidation sites excluding steroid dienone is 3. The Morgan fingerprint density at radius 1 is 1.31 bits per heavy atom. The number of aromatic nitrogens is 1. The first-order chi connectivity index (χ1) is 15.3. The third-order valence-corrected chi connectivity index (χ3v) is 6.28. The van der Waals surface area contributed by atoms with Crippen LogP contribution in [-0.2, 0) is 9.59 Å². The van der Waals surface area contributed by atoms with E-state index in [1.54, 1.807) is 31.3 Å². The summed E-state index contributed by atoms with van der Waals surface area (Å²) < 4.78 is 0.763. The first-order valence-corrected chi connectivity index (χ1v) is 11.0. The van der Waals surface area contributed by atoms with Gasteiger partial charge in [-0.05, 0) is 59.5 Å². The van der Waals surface area contributed by atoms with Crippen molar-refractivity contribution in [1.82, 2.24) is 10.3 Å². The summed E-state index contributed by atoms with van der Waals surface area (Å²) in [6.07, 6.45) is 3.28. The molecule has 2 N–H and O–H groups in total. The minimum absolute atomic E-state index is 0.0115. The lowest BCUT2D eigenvalue weighted by Crippen LogP contribution is -2.35. The van der Waals surface area contributed by atoms with Crippen LogP contribution in [0.4, 0.5) is 11.5 Å². The molecule has 0 saturated heterocycles. The molecule has 1 aliphatic heterocycles. The Hall–Kier alpha value is -3.04. The van der Waals surface area contributed by atoms with E-state index in [1.165, 1.54) is 12.1 Å². The van der Waals surface area contributed by atoms with Crippen LogP contribution in [0.1, 0.15) is 37.7 Å². The lowest BCUT2D eigenvalue weighted by Gasteiger charge is -2.34. The summed E-state index contributed by atoms with van der Waals surface area (Å²) >= 11 is 9.31. The minimum Gasteiger partial charge on any atom is -0.362 e. The van der Waals surface area contributed by atoms with E-state index in [9.17, 15) is 19.7 Å². The van der Waals surface area contributed by atoms with Gasteiger partial charge in [-0.25, -0.2) is 4.98 Å². The van der Waals surface area contributed by atoms with E-state index in [0.29, 0.717) is 47.5 Å². The number of hydrogen-bond donors (Lipinski definition) is 2. The van der Waals surface area contributed by atoms with Crippen LogP contribution in [0, 0.1) is 10.1 Å². The Labute approximate surface area is 197 Å². The Bertz CT molecular complexity index is 1210. The number of rotatable bonds is 4. The molecule has 0 saturated carbocycles. The molecule has 164 valence electrons. The topological polar surface area (TPSA) is 114 Å². The molecule has 10 heteroatoms. The second-order valence-electron chi connectivity index (χ2n) is 7.55. The largest absolute Gasteiger partial charge is 0.362 e. The van der Waals surface area contributed by atoms with Crippen molar-refractivity contribution < 1.29 is 14.5 Å². The van der Waals surface area contributed by atoms with Gasteiger partial charge in [0.25, 0.3) is 11.6 Å². The molecule has 1 aromatic carbocycles. The van der Waals surface area contributed by atoms with Crippen molar-refractivity contribution in [1.29, 1.82) is 0 Å². The molecule has 1 amide bonds. The van der Waals surface area contributed by atoms with Crippen LogP contribution < -0.4 is 10.6 Å². The molecule has 8 nitrogen and oxygen atoms in total. The van der Waals surface area contributed by atoms with E-state index in [1.807, 2.05) is 0 Å². The summed E-state index contributed by atoms with van der Waals surface area (Å²) in [5.41, 5.74) is 2.28. The van der Waals surface area contributed by atoms with Crippen molar-refractivity contribution in [3.8, 4) is 0 Å². The van der Waals surface area contributed by atoms with E-state index in [2.05, 4.69) is 31.5 Å². The van der Waals surface area contributed by atoms with Gasteiger partial charge in [0.15, 0.2) is 5.78 Å². The number of nitrogens with one attached hydrogen (secondary N) is 2. The molecule has 1 aliphatic carbocycles. The molecule has 0 bridgehead atoms. The first kappa shape index (κ1) is 22.2. The molecular formula is C22H18BrClN4O4. The summed E-state index contributed by atoms with van der Waals surface area (Å²) in [4.78, 5) is 41.4. The van der Waals surface area contributed by atoms with E-state index in [-0.39, 0.29) is 16.5 Å². The van der Waals surface area contributed by atoms with Crippen molar-refractivity contribution in [2.45, 2.75) is 32.1 Å². The van der Waals surface area contributed by atoms with Crippen LogP contribution in [0.2, 0.25) is 5.02 Å². The molecule has 2 heterocycles. The summed E-state index contributed by atoms with van der Waals surface area (Å²) in [5.74, 6) is -0.946. The SMILES string of the molecule is CC1=C(C(=O)Nc2ccc(Br)cn2)C(c2ccc(Cl)c([N+](=O)[O-])c2)C2=C(CCCC2=O)N1. The minimum atomic E-state index is -0.759. The number of Topliss-reactive ketones (excluding diaryl/α,β-unsaturated/α-hetero) is 1. The van der Waals surface area contributed by atoms with Crippen molar-refractivity contribution in [2.75, 3.05) is 5.32 Å². The van der Waals surface area contributed by atoms with E-state index in [0.717, 1.165) is 10.2 Å². The number of carbonyl (C=O) groups is 2. The van der Waals surface area contributed by atoms with E-state index >= 15 is 0 Å². The van der Waals surface area contributed by atoms with Crippen molar-refractivity contribution >= 4 is 50.7 Å². The summed E-state index contributed by atoms with van der Waals surface area (Å²) in [6, 6.07) is 7.77. The zero-order chi connectivity index (χ0) is 23.0. The number of hydrogen-bond acceptors (Lipinski definition) is 6. The molecule has 4 rings (SSSR count). The highest BCUT2D eigenvalue weighted by Gasteiger charge is 2.39. The Balaban J connectivity index is 1.83. The highest BCUT2D eigenvalue weighted by molar-refractivity contribution is 9.10. The maximum atomic E-state index is 13.4. The smallest absolute Gasteiger partial charge is 0.288 e. The van der Waals surface area contributed by atoms with Crippen molar-refractivity contribution in [2.24, 2.45) is 0 Å². The van der Waals surface area contributed by atoms with Crippen LogP contribution in [0.15, 0.2) is 63.5 Å². The van der Waals surface area contributed by atoms with Gasteiger partial charge in [-0.3, -0.25) is 19.7 Å². The number of halogens is 2. The maximum absolute atomic E-state index is 13.4. The number of nitro groups is 1. The highest BCUT2D eigenvalue weighted by Crippen LogP contribution is 2.43. The van der Waals surface area contributed by atoms with Crippen LogP contribution >= 0.6 is 27.5 Å². The fraction of sp³-hybridized carbons (Fsp3) is 0.227. The molecule has 2 aromatic rings. The van der Waals surface area contributed by atoms with E-state index < -0.39 is 16.7 Å². The van der Waals surface area contributed by atoms with Crippen LogP contribution in [0.3, 0.4) is 0 Å². The van der Waals surface area contributed by atoms with Crippen LogP contribution in [-0.4, -0.2) is 21.6 Å². The molecule has 1 unspecified atom stereocenters. The highest BCUT2D eigenvalue weighted by atomic mass is 79.9. The normalized spacial score (nSPS) is 18.2. The number of amides is 1. The van der Waals surface area contributed by atoms with Crippen molar-refractivity contribution in [3.05, 3.63) is 84.2 Å². The zero-order valence-electron chi connectivity index (χ0n) is 16.9. The van der Waals surface area contributed by atoms with Gasteiger partial charge < -0.3 is 10.6 Å². The number of pyridine rings is 1. The molecule has 0 spiro atoms. The van der Waals surface area contributed by atoms with Gasteiger partial charge >= 0.3 is 0 Å². The predicted molar refractivity (Wildman–Crippen MR) is 123 cm³/mol. The van der Waals surface area contributed by atoms with Gasteiger partial charge in [0.2, 0.25) is 0 Å². The molecule has 2 aliphatic rings. The van der Waals surface area contributed by atoms with Gasteiger partial charge in [-0.1, -0.05) is 17.7 Å². The lowest BCUT2D eigenvalue weighted by atomic mass is 9.75. The number of dihydropyridines is 1. The predicted octanol–water partition coefficient (Wildman–Crippen LogP) is 5.01. The summed E-state index contributed by atoms with van der Waals surface area (Å²) in [7, 11) is 0. The molecule has 1 aromatic heterocycles. The van der Waals surface area contributed by atoms with Gasteiger partial charge in [-0.15, -0.1) is 0 Å². The van der Waals surface area contributed by atoms with Gasteiger partial charge in [0, 0.05) is 51.6 Å². The zero-order valence-corrected chi connectivity index (χ0v) is 19.3. The fourth-order valence-electron chi connectivity index (χ4n) is 4.10. The Morgan fingerprint density at radius 3 is 2.78 bits per heavy atom. The van der Waals surface area contributed by atoms with Crippen molar-refractivity contribution in [3.63, 3.8) is 0 Å². The quantitative estimate of drug-likeness (QED) is 0.435. The van der Waals surface area contributed by atoms with Gasteiger partial charge in [0.1, 0.15) is 10.8 Å². The number of anilines is 1. The monoisotopic (exact) mass is 516 g/mol. The Kier molecular flexibility index (Phi) is 6.12. The molecule has 32 heavy (non-hydrogen) atoms. The number of carbonyl (C=O) groups excluding carboxylic acids is 2. The first-order valence-electron chi connectivity index (χ1n) is 9.87. The lowest BCUT2D eigenvalue weighted by molar-refractivity contribution is -0.384. The molecule has 0 radical (unpaired) electrons. The average molecular weight is 518 g/mol. The molecular weight excluding hydrogens is 500 g/mol. The maximum Gasteiger partial charge on any atom is 0.288 e. The third kappa shape index (κ3) is 4.18. The standard InChI is InChI=1S/C22H18BrClN4O4/c1-11-19(22(30)27-18-8-6-13(23)10-25-18)20(21-15(26-11)3-2-4-17(21)29)12-5-7-14(24)16(9-12)28(31)32/h5-10,20,26H,2-4H2,1H3,(H,25,27,30).